The highest BCUT2D eigenvalue weighted by Crippen LogP contribution is 2.31. The van der Waals surface area contributed by atoms with Crippen molar-refractivity contribution in [1.29, 1.82) is 0 Å². The fourth-order valence-electron chi connectivity index (χ4n) is 3.16. The lowest BCUT2D eigenvalue weighted by Crippen LogP contribution is -2.29. The molecule has 0 unspecified atom stereocenters. The van der Waals surface area contributed by atoms with Crippen LogP contribution in [0.5, 0.6) is 0 Å². The van der Waals surface area contributed by atoms with Gasteiger partial charge in [-0.25, -0.2) is 13.1 Å². The third kappa shape index (κ3) is 4.79. The molecule has 2 heterocycles. The Morgan fingerprint density at radius 1 is 1.39 bits per heavy atom. The molecule has 3 rings (SSSR count). The van der Waals surface area contributed by atoms with Gasteiger partial charge in [0.1, 0.15) is 6.54 Å². The van der Waals surface area contributed by atoms with E-state index < -0.39 is 10.0 Å². The van der Waals surface area contributed by atoms with Gasteiger partial charge in [-0.15, -0.1) is 5.10 Å². The predicted molar refractivity (Wildman–Crippen MR) is 109 cm³/mol. The summed E-state index contributed by atoms with van der Waals surface area (Å²) >= 11 is 3.33. The Balaban J connectivity index is 1.72. The van der Waals surface area contributed by atoms with Crippen LogP contribution in [0.3, 0.4) is 0 Å². The maximum absolute atomic E-state index is 13.0. The van der Waals surface area contributed by atoms with Crippen molar-refractivity contribution in [1.82, 2.24) is 19.3 Å². The van der Waals surface area contributed by atoms with Crippen LogP contribution in [0.1, 0.15) is 32.4 Å². The third-order valence-corrected chi connectivity index (χ3v) is 7.48. The second kappa shape index (κ2) is 8.71. The smallest absolute Gasteiger partial charge is 0.246 e. The van der Waals surface area contributed by atoms with Crippen molar-refractivity contribution in [3.63, 3.8) is 0 Å². The molecule has 0 bridgehead atoms. The van der Waals surface area contributed by atoms with Gasteiger partial charge in [-0.2, -0.15) is 4.31 Å². The average molecular weight is 470 g/mol. The highest BCUT2D eigenvalue weighted by molar-refractivity contribution is 9.10. The molecule has 1 saturated heterocycles. The third-order valence-electron chi connectivity index (χ3n) is 4.62. The maximum Gasteiger partial charge on any atom is 0.246 e. The lowest BCUT2D eigenvalue weighted by molar-refractivity contribution is -0.116. The summed E-state index contributed by atoms with van der Waals surface area (Å²) in [6, 6.07) is 4.79. The Labute approximate surface area is 173 Å². The van der Waals surface area contributed by atoms with Crippen LogP contribution in [-0.4, -0.2) is 46.7 Å². The summed E-state index contributed by atoms with van der Waals surface area (Å²) in [5, 5.41) is 10.7. The zero-order chi connectivity index (χ0) is 20.3. The van der Waals surface area contributed by atoms with Crippen molar-refractivity contribution < 1.29 is 13.2 Å². The second-order valence-electron chi connectivity index (χ2n) is 7.11. The summed E-state index contributed by atoms with van der Waals surface area (Å²) in [6.07, 6.45) is 4.36. The number of sulfonamides is 1. The van der Waals surface area contributed by atoms with Crippen molar-refractivity contribution in [2.45, 2.75) is 44.6 Å². The normalized spacial score (nSPS) is 17.8. The molecule has 0 spiro atoms. The maximum atomic E-state index is 13.0. The first-order valence-corrected chi connectivity index (χ1v) is 11.5. The number of nitrogens with one attached hydrogen (secondary N) is 1. The van der Waals surface area contributed by atoms with Gasteiger partial charge in [-0.05, 0) is 52.9 Å². The van der Waals surface area contributed by atoms with Crippen LogP contribution in [0.4, 0.5) is 5.69 Å². The van der Waals surface area contributed by atoms with Crippen LogP contribution < -0.4 is 5.32 Å². The number of anilines is 1. The number of benzene rings is 1. The van der Waals surface area contributed by atoms with Crippen molar-refractivity contribution in [2.75, 3.05) is 18.4 Å². The van der Waals surface area contributed by atoms with Gasteiger partial charge in [0.25, 0.3) is 0 Å². The fourth-order valence-corrected chi connectivity index (χ4v) is 5.69. The van der Waals surface area contributed by atoms with Gasteiger partial charge >= 0.3 is 0 Å². The summed E-state index contributed by atoms with van der Waals surface area (Å²) < 4.78 is 29.4. The van der Waals surface area contributed by atoms with Crippen molar-refractivity contribution in [3.8, 4) is 0 Å². The fraction of sp³-hybridized carbons (Fsp3) is 0.500. The van der Waals surface area contributed by atoms with Crippen molar-refractivity contribution >= 4 is 37.5 Å². The molecule has 1 amide bonds. The van der Waals surface area contributed by atoms with Gasteiger partial charge in [-0.3, -0.25) is 4.79 Å². The van der Waals surface area contributed by atoms with Crippen LogP contribution in [-0.2, 0) is 27.8 Å². The molecule has 1 aliphatic rings. The minimum absolute atomic E-state index is 0.0124. The number of aryl methyl sites for hydroxylation is 1. The Morgan fingerprint density at radius 3 is 2.86 bits per heavy atom. The van der Waals surface area contributed by atoms with E-state index in [2.05, 4.69) is 31.6 Å². The topological polar surface area (TPSA) is 97.2 Å². The average Bonchev–Trinajstić information content (AvgIpc) is 3.26. The molecule has 1 aromatic carbocycles. The number of nitrogens with zero attached hydrogens (tertiary/aromatic N) is 4. The number of hydrogen-bond donors (Lipinski definition) is 1. The Morgan fingerprint density at radius 2 is 2.18 bits per heavy atom. The predicted octanol–water partition coefficient (Wildman–Crippen LogP) is 2.66. The van der Waals surface area contributed by atoms with E-state index in [1.54, 1.807) is 18.3 Å². The van der Waals surface area contributed by atoms with Gasteiger partial charge < -0.3 is 5.32 Å². The minimum Gasteiger partial charge on any atom is -0.324 e. The number of carbonyl (C=O) groups is 1. The van der Waals surface area contributed by atoms with Crippen molar-refractivity contribution in [2.24, 2.45) is 5.92 Å². The number of hydrogen-bond acceptors (Lipinski definition) is 5. The van der Waals surface area contributed by atoms with E-state index in [0.717, 1.165) is 25.0 Å². The molecular formula is C18H24BrN5O3S. The molecule has 0 aliphatic carbocycles. The quantitative estimate of drug-likeness (QED) is 0.671. The molecule has 8 nitrogen and oxygen atoms in total. The Kier molecular flexibility index (Phi) is 6.51. The summed E-state index contributed by atoms with van der Waals surface area (Å²) in [4.78, 5) is 12.5. The van der Waals surface area contributed by atoms with E-state index in [4.69, 9.17) is 0 Å². The van der Waals surface area contributed by atoms with Crippen molar-refractivity contribution in [3.05, 3.63) is 34.6 Å². The lowest BCUT2D eigenvalue weighted by Gasteiger charge is -2.18. The molecular weight excluding hydrogens is 446 g/mol. The van der Waals surface area contributed by atoms with E-state index in [1.165, 1.54) is 15.1 Å². The number of halogens is 1. The van der Waals surface area contributed by atoms with Crippen LogP contribution in [0.2, 0.25) is 0 Å². The zero-order valence-corrected chi connectivity index (χ0v) is 18.3. The molecule has 1 atom stereocenters. The standard InChI is InChI=1S/C18H24BrN5O3S/c1-3-4-15-11-23(22-21-15)12-18(25)20-14-5-6-16(19)17(9-14)28(26,27)24-8-7-13(2)10-24/h5-6,9,11,13H,3-4,7-8,10,12H2,1-2H3,(H,20,25)/t13-/m0/s1. The molecule has 1 aliphatic heterocycles. The summed E-state index contributed by atoms with van der Waals surface area (Å²) in [5.74, 6) is 0.0464. The van der Waals surface area contributed by atoms with E-state index in [1.807, 2.05) is 13.8 Å². The van der Waals surface area contributed by atoms with Crippen LogP contribution >= 0.6 is 15.9 Å². The van der Waals surface area contributed by atoms with Gasteiger partial charge in [-0.1, -0.05) is 25.5 Å². The van der Waals surface area contributed by atoms with Gasteiger partial charge in [0.05, 0.1) is 10.6 Å². The summed E-state index contributed by atoms with van der Waals surface area (Å²) in [5.41, 5.74) is 1.26. The van der Waals surface area contributed by atoms with Gasteiger partial charge in [0.2, 0.25) is 15.9 Å². The first-order valence-electron chi connectivity index (χ1n) is 9.28. The second-order valence-corrected chi connectivity index (χ2v) is 9.87. The van der Waals surface area contributed by atoms with Crippen LogP contribution in [0, 0.1) is 5.92 Å². The summed E-state index contributed by atoms with van der Waals surface area (Å²) in [6.45, 7) is 5.13. The number of amides is 1. The molecule has 1 fully saturated rings. The van der Waals surface area contributed by atoms with Gasteiger partial charge in [0, 0.05) is 29.4 Å². The number of carbonyl (C=O) groups excluding carboxylic acids is 1. The molecule has 0 radical (unpaired) electrons. The molecule has 1 N–H and O–H groups in total. The zero-order valence-electron chi connectivity index (χ0n) is 15.9. The lowest BCUT2D eigenvalue weighted by atomic mass is 10.2. The van der Waals surface area contributed by atoms with Crippen LogP contribution in [0.15, 0.2) is 33.8 Å². The molecule has 28 heavy (non-hydrogen) atoms. The highest BCUT2D eigenvalue weighted by Gasteiger charge is 2.32. The Hall–Kier alpha value is -1.78. The van der Waals surface area contributed by atoms with E-state index in [9.17, 15) is 13.2 Å². The molecule has 2 aromatic rings. The summed E-state index contributed by atoms with van der Waals surface area (Å²) in [7, 11) is -3.61. The van der Waals surface area contributed by atoms with Crippen LogP contribution in [0.25, 0.3) is 0 Å². The minimum atomic E-state index is -3.61. The van der Waals surface area contributed by atoms with E-state index in [0.29, 0.717) is 29.2 Å². The number of rotatable bonds is 7. The van der Waals surface area contributed by atoms with E-state index in [-0.39, 0.29) is 17.3 Å². The molecule has 1 aromatic heterocycles. The first-order chi connectivity index (χ1) is 13.3. The SMILES string of the molecule is CCCc1cn(CC(=O)Nc2ccc(Br)c(S(=O)(=O)N3CC[C@H](C)C3)c2)nn1. The van der Waals surface area contributed by atoms with Gasteiger partial charge in [0.15, 0.2) is 0 Å². The number of aromatic nitrogens is 3. The molecule has 0 saturated carbocycles. The Bertz CT molecular complexity index is 960. The molecule has 152 valence electrons. The monoisotopic (exact) mass is 469 g/mol. The van der Waals surface area contributed by atoms with E-state index >= 15 is 0 Å². The highest BCUT2D eigenvalue weighted by atomic mass is 79.9. The molecule has 10 heteroatoms. The largest absolute Gasteiger partial charge is 0.324 e. The first kappa shape index (κ1) is 20.9.